The minimum atomic E-state index is -0.163. The largest absolute Gasteiger partial charge is 0.326 e. The van der Waals surface area contributed by atoms with E-state index in [1.807, 2.05) is 11.5 Å². The number of hydrogen-bond donors (Lipinski definition) is 2. The van der Waals surface area contributed by atoms with Gasteiger partial charge in [-0.05, 0) is 31.2 Å². The second-order valence-corrected chi connectivity index (χ2v) is 6.68. The van der Waals surface area contributed by atoms with Crippen LogP contribution in [-0.2, 0) is 16.1 Å². The number of rotatable bonds is 7. The first-order chi connectivity index (χ1) is 13.6. The van der Waals surface area contributed by atoms with Crippen LogP contribution < -0.4 is 10.6 Å². The third-order valence-electron chi connectivity index (χ3n) is 3.65. The van der Waals surface area contributed by atoms with Crippen LogP contribution >= 0.6 is 11.8 Å². The third-order valence-corrected chi connectivity index (χ3v) is 4.61. The Hall–Kier alpha value is -3.27. The van der Waals surface area contributed by atoms with Crippen LogP contribution in [0.1, 0.15) is 13.8 Å². The van der Waals surface area contributed by atoms with Gasteiger partial charge in [-0.25, -0.2) is 4.98 Å². The van der Waals surface area contributed by atoms with E-state index in [1.54, 1.807) is 42.9 Å². The zero-order valence-electron chi connectivity index (χ0n) is 15.4. The minimum absolute atomic E-state index is 0.144. The molecule has 0 fully saturated rings. The zero-order valence-corrected chi connectivity index (χ0v) is 16.2. The number of anilines is 2. The molecule has 0 unspecified atom stereocenters. The third kappa shape index (κ3) is 4.92. The van der Waals surface area contributed by atoms with E-state index in [-0.39, 0.29) is 17.6 Å². The Morgan fingerprint density at radius 3 is 2.39 bits per heavy atom. The van der Waals surface area contributed by atoms with Crippen molar-refractivity contribution < 1.29 is 9.59 Å². The van der Waals surface area contributed by atoms with Gasteiger partial charge < -0.3 is 15.2 Å². The molecule has 0 spiro atoms. The topological polar surface area (TPSA) is 115 Å². The summed E-state index contributed by atoms with van der Waals surface area (Å²) in [6.45, 7) is 4.06. The molecular weight excluding hydrogens is 378 g/mol. The molecule has 9 nitrogen and oxygen atoms in total. The Morgan fingerprint density at radius 1 is 1.07 bits per heavy atom. The molecule has 0 aliphatic rings. The van der Waals surface area contributed by atoms with Gasteiger partial charge >= 0.3 is 0 Å². The maximum absolute atomic E-state index is 12.2. The molecular formula is C18H19N7O2S. The lowest BCUT2D eigenvalue weighted by Crippen LogP contribution is -2.14. The van der Waals surface area contributed by atoms with E-state index in [0.717, 1.165) is 0 Å². The number of carbonyl (C=O) groups is 2. The van der Waals surface area contributed by atoms with Gasteiger partial charge in [0.15, 0.2) is 11.0 Å². The number of nitrogens with one attached hydrogen (secondary N) is 2. The number of carbonyl (C=O) groups excluding carboxylic acids is 2. The lowest BCUT2D eigenvalue weighted by molar-refractivity contribution is -0.114. The standard InChI is InChI=1S/C18H19N7O2S/c1-3-25-17(15-10-19-8-9-20-15)23-24-18(25)28-11-16(27)22-14-6-4-13(5-7-14)21-12(2)26/h4-10H,3,11H2,1-2H3,(H,21,26)(H,22,27). The quantitative estimate of drug-likeness (QED) is 0.588. The number of amides is 2. The molecule has 0 aliphatic carbocycles. The zero-order chi connectivity index (χ0) is 19.9. The van der Waals surface area contributed by atoms with Gasteiger partial charge in [0.1, 0.15) is 5.69 Å². The molecule has 10 heteroatoms. The van der Waals surface area contributed by atoms with Gasteiger partial charge in [-0.1, -0.05) is 11.8 Å². The molecule has 2 N–H and O–H groups in total. The summed E-state index contributed by atoms with van der Waals surface area (Å²) in [5.74, 6) is 0.497. The van der Waals surface area contributed by atoms with Crippen molar-refractivity contribution in [2.24, 2.45) is 0 Å². The highest BCUT2D eigenvalue weighted by atomic mass is 32.2. The van der Waals surface area contributed by atoms with Gasteiger partial charge in [0.25, 0.3) is 0 Å². The van der Waals surface area contributed by atoms with Gasteiger partial charge in [0.2, 0.25) is 11.8 Å². The van der Waals surface area contributed by atoms with Gasteiger partial charge in [-0.15, -0.1) is 10.2 Å². The number of aromatic nitrogens is 5. The summed E-state index contributed by atoms with van der Waals surface area (Å²) in [7, 11) is 0. The van der Waals surface area contributed by atoms with Crippen molar-refractivity contribution in [2.45, 2.75) is 25.5 Å². The van der Waals surface area contributed by atoms with Crippen LogP contribution in [0.3, 0.4) is 0 Å². The SMILES string of the molecule is CCn1c(SCC(=O)Nc2ccc(NC(C)=O)cc2)nnc1-c1cnccn1. The fourth-order valence-electron chi connectivity index (χ4n) is 2.45. The Bertz CT molecular complexity index is 958. The highest BCUT2D eigenvalue weighted by Gasteiger charge is 2.15. The molecule has 0 saturated carbocycles. The monoisotopic (exact) mass is 397 g/mol. The highest BCUT2D eigenvalue weighted by molar-refractivity contribution is 7.99. The number of nitrogens with zero attached hydrogens (tertiary/aromatic N) is 5. The van der Waals surface area contributed by atoms with Crippen molar-refractivity contribution in [3.05, 3.63) is 42.9 Å². The summed E-state index contributed by atoms with van der Waals surface area (Å²) in [4.78, 5) is 31.6. The number of hydrogen-bond acceptors (Lipinski definition) is 7. The van der Waals surface area contributed by atoms with Crippen molar-refractivity contribution in [3.8, 4) is 11.5 Å². The van der Waals surface area contributed by atoms with Crippen LogP contribution in [0.4, 0.5) is 11.4 Å². The van der Waals surface area contributed by atoms with Crippen molar-refractivity contribution >= 4 is 35.0 Å². The molecule has 3 aromatic rings. The molecule has 0 radical (unpaired) electrons. The summed E-state index contributed by atoms with van der Waals surface area (Å²) in [5.41, 5.74) is 1.96. The first-order valence-electron chi connectivity index (χ1n) is 8.56. The van der Waals surface area contributed by atoms with Crippen LogP contribution in [0.15, 0.2) is 48.0 Å². The molecule has 0 aliphatic heterocycles. The van der Waals surface area contributed by atoms with Crippen molar-refractivity contribution in [2.75, 3.05) is 16.4 Å². The molecule has 28 heavy (non-hydrogen) atoms. The predicted octanol–water partition coefficient (Wildman–Crippen LogP) is 2.44. The molecule has 0 saturated heterocycles. The lowest BCUT2D eigenvalue weighted by atomic mass is 10.3. The molecule has 2 heterocycles. The van der Waals surface area contributed by atoms with Crippen LogP contribution in [-0.4, -0.2) is 42.3 Å². The van der Waals surface area contributed by atoms with Crippen LogP contribution in [0.5, 0.6) is 0 Å². The second kappa shape index (κ2) is 9.09. The molecule has 1 aromatic carbocycles. The summed E-state index contributed by atoms with van der Waals surface area (Å²) in [6.07, 6.45) is 4.82. The maximum Gasteiger partial charge on any atom is 0.234 e. The first-order valence-corrected chi connectivity index (χ1v) is 9.55. The maximum atomic E-state index is 12.2. The van der Waals surface area contributed by atoms with E-state index in [4.69, 9.17) is 0 Å². The molecule has 144 valence electrons. The smallest absolute Gasteiger partial charge is 0.234 e. The second-order valence-electron chi connectivity index (χ2n) is 5.74. The van der Waals surface area contributed by atoms with Gasteiger partial charge in [0.05, 0.1) is 11.9 Å². The van der Waals surface area contributed by atoms with E-state index >= 15 is 0 Å². The highest BCUT2D eigenvalue weighted by Crippen LogP contribution is 2.22. The van der Waals surface area contributed by atoms with E-state index in [0.29, 0.717) is 34.6 Å². The molecule has 2 amide bonds. The Labute approximate surface area is 166 Å². The van der Waals surface area contributed by atoms with E-state index < -0.39 is 0 Å². The molecule has 3 rings (SSSR count). The van der Waals surface area contributed by atoms with Crippen LogP contribution in [0, 0.1) is 0 Å². The predicted molar refractivity (Wildman–Crippen MR) is 107 cm³/mol. The number of thioether (sulfide) groups is 1. The summed E-state index contributed by atoms with van der Waals surface area (Å²) < 4.78 is 1.89. The Morgan fingerprint density at radius 2 is 1.79 bits per heavy atom. The van der Waals surface area contributed by atoms with Crippen LogP contribution in [0.25, 0.3) is 11.5 Å². The van der Waals surface area contributed by atoms with Crippen molar-refractivity contribution in [3.63, 3.8) is 0 Å². The van der Waals surface area contributed by atoms with Crippen molar-refractivity contribution in [1.82, 2.24) is 24.7 Å². The summed E-state index contributed by atoms with van der Waals surface area (Å²) in [5, 5.41) is 14.5. The van der Waals surface area contributed by atoms with Gasteiger partial charge in [-0.2, -0.15) is 0 Å². The van der Waals surface area contributed by atoms with E-state index in [2.05, 4.69) is 30.8 Å². The Kier molecular flexibility index (Phi) is 6.33. The minimum Gasteiger partial charge on any atom is -0.326 e. The summed E-state index contributed by atoms with van der Waals surface area (Å²) in [6, 6.07) is 6.92. The van der Waals surface area contributed by atoms with Crippen LogP contribution in [0.2, 0.25) is 0 Å². The van der Waals surface area contributed by atoms with Crippen molar-refractivity contribution in [1.29, 1.82) is 0 Å². The average Bonchev–Trinajstić information content (AvgIpc) is 3.11. The normalized spacial score (nSPS) is 10.5. The van der Waals surface area contributed by atoms with E-state index in [9.17, 15) is 9.59 Å². The first kappa shape index (κ1) is 19.5. The summed E-state index contributed by atoms with van der Waals surface area (Å²) >= 11 is 1.30. The fraction of sp³-hybridized carbons (Fsp3) is 0.222. The molecule has 0 atom stereocenters. The number of benzene rings is 1. The van der Waals surface area contributed by atoms with Gasteiger partial charge in [0, 0.05) is 37.2 Å². The van der Waals surface area contributed by atoms with E-state index in [1.165, 1.54) is 18.7 Å². The van der Waals surface area contributed by atoms with Gasteiger partial charge in [-0.3, -0.25) is 14.6 Å². The lowest BCUT2D eigenvalue weighted by Gasteiger charge is -2.08. The molecule has 2 aromatic heterocycles. The average molecular weight is 397 g/mol. The molecule has 0 bridgehead atoms. The fourth-order valence-corrected chi connectivity index (χ4v) is 3.25. The Balaban J connectivity index is 1.60.